The maximum atomic E-state index is 13.3. The Morgan fingerprint density at radius 1 is 1.12 bits per heavy atom. The predicted octanol–water partition coefficient (Wildman–Crippen LogP) is 4.01. The van der Waals surface area contributed by atoms with Gasteiger partial charge in [-0.05, 0) is 68.3 Å². The van der Waals surface area contributed by atoms with Gasteiger partial charge in [0.15, 0.2) is 0 Å². The number of hydrogen-bond donors (Lipinski definition) is 0. The molecule has 1 aliphatic heterocycles. The van der Waals surface area contributed by atoms with Gasteiger partial charge < -0.3 is 4.74 Å². The van der Waals surface area contributed by atoms with Crippen molar-refractivity contribution >= 4 is 23.3 Å². The SMILES string of the molecule is CCOC(=O)/C=C1/c2cc(C)c(C)cc2C(=O)N1c1ccc(F)cc1. The van der Waals surface area contributed by atoms with Gasteiger partial charge in [0.05, 0.1) is 12.3 Å². The maximum Gasteiger partial charge on any atom is 0.332 e. The third-order valence-corrected chi connectivity index (χ3v) is 4.21. The van der Waals surface area contributed by atoms with Crippen molar-refractivity contribution in [1.82, 2.24) is 0 Å². The van der Waals surface area contributed by atoms with Crippen molar-refractivity contribution < 1.29 is 18.7 Å². The molecule has 5 heteroatoms. The van der Waals surface area contributed by atoms with Crippen LogP contribution in [-0.4, -0.2) is 18.5 Å². The Morgan fingerprint density at radius 2 is 1.72 bits per heavy atom. The Hall–Kier alpha value is -2.95. The molecule has 0 aromatic heterocycles. The molecule has 0 spiro atoms. The van der Waals surface area contributed by atoms with Crippen LogP contribution in [0, 0.1) is 19.7 Å². The largest absolute Gasteiger partial charge is 0.463 e. The molecule has 0 bridgehead atoms. The van der Waals surface area contributed by atoms with Gasteiger partial charge in [0, 0.05) is 22.9 Å². The highest BCUT2D eigenvalue weighted by Crippen LogP contribution is 2.38. The standard InChI is InChI=1S/C20H18FNO3/c1-4-25-19(23)11-18-16-9-12(2)13(3)10-17(16)20(24)22(18)15-7-5-14(21)6-8-15/h5-11H,4H2,1-3H3/b18-11-. The molecule has 0 saturated carbocycles. The van der Waals surface area contributed by atoms with Gasteiger partial charge >= 0.3 is 5.97 Å². The van der Waals surface area contributed by atoms with Gasteiger partial charge in [0.25, 0.3) is 5.91 Å². The van der Waals surface area contributed by atoms with Crippen LogP contribution in [-0.2, 0) is 9.53 Å². The van der Waals surface area contributed by atoms with Gasteiger partial charge in [-0.3, -0.25) is 9.69 Å². The van der Waals surface area contributed by atoms with Crippen molar-refractivity contribution in [3.8, 4) is 0 Å². The summed E-state index contributed by atoms with van der Waals surface area (Å²) < 4.78 is 18.3. The lowest BCUT2D eigenvalue weighted by atomic mass is 10.0. The summed E-state index contributed by atoms with van der Waals surface area (Å²) in [7, 11) is 0. The Balaban J connectivity index is 2.18. The van der Waals surface area contributed by atoms with Crippen molar-refractivity contribution in [3.05, 3.63) is 70.5 Å². The lowest BCUT2D eigenvalue weighted by Gasteiger charge is -2.18. The molecule has 128 valence electrons. The van der Waals surface area contributed by atoms with Crippen LogP contribution in [0.4, 0.5) is 10.1 Å². The van der Waals surface area contributed by atoms with Crippen LogP contribution in [0.25, 0.3) is 5.70 Å². The summed E-state index contributed by atoms with van der Waals surface area (Å²) in [6.45, 7) is 5.84. The summed E-state index contributed by atoms with van der Waals surface area (Å²) in [6, 6.07) is 9.29. The normalized spacial score (nSPS) is 14.8. The summed E-state index contributed by atoms with van der Waals surface area (Å²) in [5.74, 6) is -1.17. The number of fused-ring (bicyclic) bond motifs is 1. The first kappa shape index (κ1) is 16.9. The minimum absolute atomic E-state index is 0.243. The highest BCUT2D eigenvalue weighted by molar-refractivity contribution is 6.24. The Morgan fingerprint density at radius 3 is 2.32 bits per heavy atom. The van der Waals surface area contributed by atoms with E-state index in [0.717, 1.165) is 11.1 Å². The monoisotopic (exact) mass is 339 g/mol. The highest BCUT2D eigenvalue weighted by Gasteiger charge is 2.34. The lowest BCUT2D eigenvalue weighted by Crippen LogP contribution is -2.23. The van der Waals surface area contributed by atoms with Crippen molar-refractivity contribution in [2.75, 3.05) is 11.5 Å². The molecular formula is C20H18FNO3. The van der Waals surface area contributed by atoms with Crippen LogP contribution in [0.5, 0.6) is 0 Å². The zero-order valence-electron chi connectivity index (χ0n) is 14.3. The van der Waals surface area contributed by atoms with Crippen LogP contribution in [0.3, 0.4) is 0 Å². The fourth-order valence-corrected chi connectivity index (χ4v) is 2.84. The number of amides is 1. The second-order valence-corrected chi connectivity index (χ2v) is 5.88. The van der Waals surface area contributed by atoms with Crippen LogP contribution < -0.4 is 4.90 Å². The molecule has 0 aliphatic carbocycles. The number of hydrogen-bond acceptors (Lipinski definition) is 3. The lowest BCUT2D eigenvalue weighted by molar-refractivity contribution is -0.137. The van der Waals surface area contributed by atoms with Gasteiger partial charge in [-0.15, -0.1) is 0 Å². The summed E-state index contributed by atoms with van der Waals surface area (Å²) in [6.07, 6.45) is 1.31. The van der Waals surface area contributed by atoms with E-state index in [-0.39, 0.29) is 12.5 Å². The third kappa shape index (κ3) is 3.05. The number of carbonyl (C=O) groups excluding carboxylic acids is 2. The van der Waals surface area contributed by atoms with Crippen molar-refractivity contribution in [2.45, 2.75) is 20.8 Å². The smallest absolute Gasteiger partial charge is 0.332 e. The zero-order chi connectivity index (χ0) is 18.1. The average Bonchev–Trinajstić information content (AvgIpc) is 2.81. The number of ether oxygens (including phenoxy) is 1. The van der Waals surface area contributed by atoms with Gasteiger partial charge in [0.2, 0.25) is 0 Å². The molecule has 0 N–H and O–H groups in total. The van der Waals surface area contributed by atoms with E-state index in [2.05, 4.69) is 0 Å². The van der Waals surface area contributed by atoms with Crippen LogP contribution in [0.1, 0.15) is 34.0 Å². The molecule has 25 heavy (non-hydrogen) atoms. The fourth-order valence-electron chi connectivity index (χ4n) is 2.84. The van der Waals surface area contributed by atoms with Crippen molar-refractivity contribution in [2.24, 2.45) is 0 Å². The van der Waals surface area contributed by atoms with E-state index in [1.165, 1.54) is 35.2 Å². The fraction of sp³-hybridized carbons (Fsp3) is 0.200. The van der Waals surface area contributed by atoms with Gasteiger partial charge in [0.1, 0.15) is 5.82 Å². The molecule has 0 atom stereocenters. The van der Waals surface area contributed by atoms with E-state index in [0.29, 0.717) is 22.5 Å². The molecule has 0 unspecified atom stereocenters. The number of esters is 1. The summed E-state index contributed by atoms with van der Waals surface area (Å²) in [5.41, 5.74) is 4.13. The number of rotatable bonds is 3. The van der Waals surface area contributed by atoms with Crippen LogP contribution >= 0.6 is 0 Å². The molecule has 3 rings (SSSR count). The van der Waals surface area contributed by atoms with E-state index >= 15 is 0 Å². The molecule has 2 aromatic rings. The van der Waals surface area contributed by atoms with Crippen LogP contribution in [0.2, 0.25) is 0 Å². The molecule has 1 aliphatic rings. The maximum absolute atomic E-state index is 13.3. The van der Waals surface area contributed by atoms with E-state index < -0.39 is 11.8 Å². The van der Waals surface area contributed by atoms with Gasteiger partial charge in [-0.1, -0.05) is 0 Å². The first-order valence-electron chi connectivity index (χ1n) is 8.02. The third-order valence-electron chi connectivity index (χ3n) is 4.21. The number of aryl methyl sites for hydroxylation is 2. The number of anilines is 1. The summed E-state index contributed by atoms with van der Waals surface area (Å²) in [5, 5.41) is 0. The summed E-state index contributed by atoms with van der Waals surface area (Å²) >= 11 is 0. The second-order valence-electron chi connectivity index (χ2n) is 5.88. The highest BCUT2D eigenvalue weighted by atomic mass is 19.1. The first-order chi connectivity index (χ1) is 11.9. The molecule has 1 heterocycles. The minimum Gasteiger partial charge on any atom is -0.463 e. The molecule has 0 radical (unpaired) electrons. The van der Waals surface area contributed by atoms with Gasteiger partial charge in [-0.25, -0.2) is 9.18 Å². The number of carbonyl (C=O) groups is 2. The minimum atomic E-state index is -0.525. The van der Waals surface area contributed by atoms with Crippen molar-refractivity contribution in [3.63, 3.8) is 0 Å². The van der Waals surface area contributed by atoms with E-state index in [1.54, 1.807) is 6.92 Å². The number of halogens is 1. The summed E-state index contributed by atoms with van der Waals surface area (Å²) in [4.78, 5) is 26.4. The quantitative estimate of drug-likeness (QED) is 0.627. The van der Waals surface area contributed by atoms with E-state index in [9.17, 15) is 14.0 Å². The Bertz CT molecular complexity index is 885. The molecule has 1 amide bonds. The Kier molecular flexibility index (Phi) is 4.40. The van der Waals surface area contributed by atoms with E-state index in [1.807, 2.05) is 26.0 Å². The molecule has 0 saturated heterocycles. The molecule has 4 nitrogen and oxygen atoms in total. The average molecular weight is 339 g/mol. The predicted molar refractivity (Wildman–Crippen MR) is 93.7 cm³/mol. The van der Waals surface area contributed by atoms with Gasteiger partial charge in [-0.2, -0.15) is 0 Å². The number of nitrogens with zero attached hydrogens (tertiary/aromatic N) is 1. The zero-order valence-corrected chi connectivity index (χ0v) is 14.3. The first-order valence-corrected chi connectivity index (χ1v) is 8.02. The Labute approximate surface area is 145 Å². The molecule has 2 aromatic carbocycles. The second kappa shape index (κ2) is 6.51. The topological polar surface area (TPSA) is 46.6 Å². The number of benzene rings is 2. The molecule has 0 fully saturated rings. The molecular weight excluding hydrogens is 321 g/mol. The van der Waals surface area contributed by atoms with Crippen molar-refractivity contribution in [1.29, 1.82) is 0 Å². The van der Waals surface area contributed by atoms with Crippen LogP contribution in [0.15, 0.2) is 42.5 Å². The van der Waals surface area contributed by atoms with E-state index in [4.69, 9.17) is 4.74 Å².